The lowest BCUT2D eigenvalue weighted by Crippen LogP contribution is -2.20. The number of nitrogens with one attached hydrogen (secondary N) is 3. The normalized spacial score (nSPS) is 13.8. The van der Waals surface area contributed by atoms with Crippen molar-refractivity contribution in [3.63, 3.8) is 0 Å². The van der Waals surface area contributed by atoms with Gasteiger partial charge in [0.25, 0.3) is 0 Å². The van der Waals surface area contributed by atoms with E-state index in [0.717, 1.165) is 25.7 Å². The highest BCUT2D eigenvalue weighted by atomic mass is 19.1. The molecule has 0 unspecified atom stereocenters. The van der Waals surface area contributed by atoms with Crippen LogP contribution in [0, 0.1) is 17.6 Å². The van der Waals surface area contributed by atoms with Gasteiger partial charge < -0.3 is 10.3 Å². The van der Waals surface area contributed by atoms with E-state index in [0.29, 0.717) is 44.9 Å². The van der Waals surface area contributed by atoms with Crippen molar-refractivity contribution in [1.82, 2.24) is 35.1 Å². The number of benzene rings is 1. The summed E-state index contributed by atoms with van der Waals surface area (Å²) < 4.78 is 30.0. The largest absolute Gasteiger partial charge is 0.336 e. The number of hydrogen-bond acceptors (Lipinski definition) is 6. The van der Waals surface area contributed by atoms with Gasteiger partial charge in [-0.3, -0.25) is 24.8 Å². The zero-order valence-corrected chi connectivity index (χ0v) is 21.1. The summed E-state index contributed by atoms with van der Waals surface area (Å²) in [4.78, 5) is 33.4. The van der Waals surface area contributed by atoms with Crippen LogP contribution in [0.25, 0.3) is 56.0 Å². The smallest absolute Gasteiger partial charge is 0.227 e. The third kappa shape index (κ3) is 4.15. The highest BCUT2D eigenvalue weighted by Crippen LogP contribution is 2.34. The minimum atomic E-state index is -0.605. The molecule has 3 N–H and O–H groups in total. The molecule has 0 radical (unpaired) electrons. The first-order valence-corrected chi connectivity index (χ1v) is 12.9. The number of rotatable bonds is 5. The second kappa shape index (κ2) is 9.60. The van der Waals surface area contributed by atoms with Gasteiger partial charge in [-0.25, -0.2) is 13.8 Å². The maximum absolute atomic E-state index is 16.1. The molecule has 0 saturated heterocycles. The number of aromatic nitrogens is 7. The Morgan fingerprint density at radius 2 is 1.80 bits per heavy atom. The van der Waals surface area contributed by atoms with Gasteiger partial charge >= 0.3 is 0 Å². The fourth-order valence-corrected chi connectivity index (χ4v) is 5.31. The van der Waals surface area contributed by atoms with Crippen LogP contribution in [-0.4, -0.2) is 41.0 Å². The Morgan fingerprint density at radius 1 is 0.925 bits per heavy atom. The number of carbonyl (C=O) groups is 1. The van der Waals surface area contributed by atoms with E-state index in [2.05, 4.69) is 40.4 Å². The average Bonchev–Trinajstić information content (AvgIpc) is 3.73. The van der Waals surface area contributed by atoms with Crippen molar-refractivity contribution in [2.75, 3.05) is 5.32 Å². The Hall–Kier alpha value is -5.06. The average molecular weight is 537 g/mol. The molecule has 5 aromatic heterocycles. The van der Waals surface area contributed by atoms with E-state index in [4.69, 9.17) is 0 Å². The molecule has 40 heavy (non-hydrogen) atoms. The monoisotopic (exact) mass is 536 g/mol. The molecule has 198 valence electrons. The molecule has 1 amide bonds. The number of amides is 1. The second-order valence-electron chi connectivity index (χ2n) is 9.87. The lowest BCUT2D eigenvalue weighted by atomic mass is 10.1. The molecular formula is C29H22F2N8O. The molecule has 0 bridgehead atoms. The van der Waals surface area contributed by atoms with Crippen molar-refractivity contribution in [2.24, 2.45) is 5.92 Å². The van der Waals surface area contributed by atoms with E-state index < -0.39 is 5.82 Å². The maximum Gasteiger partial charge on any atom is 0.227 e. The summed E-state index contributed by atoms with van der Waals surface area (Å²) >= 11 is 0. The molecule has 9 nitrogen and oxygen atoms in total. The van der Waals surface area contributed by atoms with Crippen molar-refractivity contribution < 1.29 is 13.6 Å². The van der Waals surface area contributed by atoms with Crippen molar-refractivity contribution in [1.29, 1.82) is 0 Å². The van der Waals surface area contributed by atoms with Gasteiger partial charge in [0.2, 0.25) is 5.91 Å². The number of pyridine rings is 3. The van der Waals surface area contributed by atoms with E-state index in [1.807, 2.05) is 0 Å². The molecule has 1 fully saturated rings. The molecule has 1 saturated carbocycles. The molecule has 1 aliphatic carbocycles. The molecule has 0 atom stereocenters. The quantitative estimate of drug-likeness (QED) is 0.247. The number of halogens is 2. The summed E-state index contributed by atoms with van der Waals surface area (Å²) in [6, 6.07) is 9.50. The number of anilines is 1. The number of hydrogen-bond donors (Lipinski definition) is 3. The molecule has 5 heterocycles. The zero-order chi connectivity index (χ0) is 27.2. The van der Waals surface area contributed by atoms with Crippen molar-refractivity contribution >= 4 is 33.5 Å². The molecular weight excluding hydrogens is 514 g/mol. The first kappa shape index (κ1) is 24.0. The van der Waals surface area contributed by atoms with Crippen LogP contribution < -0.4 is 5.32 Å². The molecule has 1 aliphatic rings. The van der Waals surface area contributed by atoms with Crippen LogP contribution in [0.15, 0.2) is 61.2 Å². The summed E-state index contributed by atoms with van der Waals surface area (Å²) in [5.74, 6) is -0.729. The Kier molecular flexibility index (Phi) is 5.76. The van der Waals surface area contributed by atoms with Crippen LogP contribution in [0.1, 0.15) is 25.7 Å². The Bertz CT molecular complexity index is 1910. The van der Waals surface area contributed by atoms with Gasteiger partial charge in [-0.2, -0.15) is 5.10 Å². The van der Waals surface area contributed by atoms with Crippen molar-refractivity contribution in [2.45, 2.75) is 25.7 Å². The third-order valence-corrected chi connectivity index (χ3v) is 7.27. The fourth-order valence-electron chi connectivity index (χ4n) is 5.31. The van der Waals surface area contributed by atoms with Crippen LogP contribution in [0.4, 0.5) is 14.5 Å². The van der Waals surface area contributed by atoms with Gasteiger partial charge in [0.1, 0.15) is 22.7 Å². The summed E-state index contributed by atoms with van der Waals surface area (Å²) in [6.45, 7) is 0. The van der Waals surface area contributed by atoms with Crippen LogP contribution in [0.2, 0.25) is 0 Å². The third-order valence-electron chi connectivity index (χ3n) is 7.27. The van der Waals surface area contributed by atoms with E-state index in [1.165, 1.54) is 30.7 Å². The number of imidazole rings is 1. The van der Waals surface area contributed by atoms with Gasteiger partial charge in [-0.1, -0.05) is 25.0 Å². The predicted octanol–water partition coefficient (Wildman–Crippen LogP) is 6.03. The van der Waals surface area contributed by atoms with E-state index >= 15 is 4.39 Å². The standard InChI is InChI=1S/C29H22F2N8O/c30-18-7-3-6-16(10-18)25-26-20(8-9-33-25)36-28(37-26)27-22-21(38-39-27)14-34-24(23(22)31)17-11-19(13-32-12-17)35-29(40)15-4-1-2-5-15/h3,6-15H,1-2,4-5H2,(H,35,40)(H,36,37)(H,38,39). The van der Waals surface area contributed by atoms with Gasteiger partial charge in [0.05, 0.1) is 40.2 Å². The van der Waals surface area contributed by atoms with Crippen LogP contribution in [-0.2, 0) is 4.79 Å². The topological polar surface area (TPSA) is 125 Å². The minimum absolute atomic E-state index is 0.0104. The summed E-state index contributed by atoms with van der Waals surface area (Å²) in [5, 5.41) is 10.2. The molecule has 6 aromatic rings. The van der Waals surface area contributed by atoms with E-state index in [-0.39, 0.29) is 34.4 Å². The van der Waals surface area contributed by atoms with Gasteiger partial charge in [-0.15, -0.1) is 0 Å². The highest BCUT2D eigenvalue weighted by molar-refractivity contribution is 5.98. The van der Waals surface area contributed by atoms with Crippen molar-refractivity contribution in [3.05, 3.63) is 72.8 Å². The van der Waals surface area contributed by atoms with E-state index in [1.54, 1.807) is 30.5 Å². The van der Waals surface area contributed by atoms with Crippen molar-refractivity contribution in [3.8, 4) is 34.0 Å². The number of aromatic amines is 2. The molecule has 7 rings (SSSR count). The molecule has 11 heteroatoms. The Labute approximate surface area is 226 Å². The predicted molar refractivity (Wildman–Crippen MR) is 146 cm³/mol. The van der Waals surface area contributed by atoms with Gasteiger partial charge in [-0.05, 0) is 37.1 Å². The lowest BCUT2D eigenvalue weighted by Gasteiger charge is -2.11. The summed E-state index contributed by atoms with van der Waals surface area (Å²) in [6.07, 6.45) is 9.97. The first-order valence-electron chi connectivity index (χ1n) is 12.9. The second-order valence-corrected chi connectivity index (χ2v) is 9.87. The van der Waals surface area contributed by atoms with Gasteiger partial charge in [0.15, 0.2) is 11.6 Å². The SMILES string of the molecule is O=C(Nc1cncc(-c2ncc3[nH]nc(-c4nc5c(-c6cccc(F)c6)nccc5[nH]4)c3c2F)c1)C1CCCC1. The number of H-pyrrole nitrogens is 2. The highest BCUT2D eigenvalue weighted by Gasteiger charge is 2.24. The number of nitrogens with zero attached hydrogens (tertiary/aromatic N) is 5. The van der Waals surface area contributed by atoms with Crippen LogP contribution in [0.3, 0.4) is 0 Å². The van der Waals surface area contributed by atoms with Gasteiger partial charge in [0, 0.05) is 29.4 Å². The first-order chi connectivity index (χ1) is 19.5. The van der Waals surface area contributed by atoms with Crippen LogP contribution in [0.5, 0.6) is 0 Å². The molecule has 0 aliphatic heterocycles. The zero-order valence-electron chi connectivity index (χ0n) is 21.1. The lowest BCUT2D eigenvalue weighted by molar-refractivity contribution is -0.119. The summed E-state index contributed by atoms with van der Waals surface area (Å²) in [7, 11) is 0. The number of carbonyl (C=O) groups excluding carboxylic acids is 1. The van der Waals surface area contributed by atoms with E-state index in [9.17, 15) is 9.18 Å². The maximum atomic E-state index is 16.1. The van der Waals surface area contributed by atoms with Crippen LogP contribution >= 0.6 is 0 Å². The summed E-state index contributed by atoms with van der Waals surface area (Å²) in [5.41, 5.74) is 3.82. The Morgan fingerprint density at radius 3 is 2.65 bits per heavy atom. The molecule has 0 spiro atoms. The minimum Gasteiger partial charge on any atom is -0.336 e. The Balaban J connectivity index is 1.28. The number of fused-ring (bicyclic) bond motifs is 2. The molecule has 1 aromatic carbocycles. The fraction of sp³-hybridized carbons (Fsp3) is 0.172.